The predicted molar refractivity (Wildman–Crippen MR) is 125 cm³/mol. The number of para-hydroxylation sites is 1. The molecule has 0 aromatic heterocycles. The Hall–Kier alpha value is -2.45. The summed E-state index contributed by atoms with van der Waals surface area (Å²) in [7, 11) is -3.79. The average molecular weight is 500 g/mol. The van der Waals surface area contributed by atoms with Crippen LogP contribution in [0, 0.1) is 0 Å². The van der Waals surface area contributed by atoms with Gasteiger partial charge in [-0.3, -0.25) is 9.10 Å². The van der Waals surface area contributed by atoms with Gasteiger partial charge in [0.05, 0.1) is 27.7 Å². The van der Waals surface area contributed by atoms with Crippen LogP contribution in [0.15, 0.2) is 66.7 Å². The van der Waals surface area contributed by atoms with Crippen LogP contribution in [0.1, 0.15) is 0 Å². The van der Waals surface area contributed by atoms with Crippen molar-refractivity contribution in [3.8, 4) is 11.5 Å². The Morgan fingerprint density at radius 1 is 0.968 bits per heavy atom. The van der Waals surface area contributed by atoms with Crippen LogP contribution in [0.25, 0.3) is 0 Å². The van der Waals surface area contributed by atoms with Crippen LogP contribution >= 0.6 is 34.8 Å². The second kappa shape index (κ2) is 9.78. The molecular formula is C21H17Cl3N2O4S. The lowest BCUT2D eigenvalue weighted by Crippen LogP contribution is -2.37. The van der Waals surface area contributed by atoms with Crippen molar-refractivity contribution in [2.75, 3.05) is 22.4 Å². The van der Waals surface area contributed by atoms with Gasteiger partial charge in [-0.1, -0.05) is 53.0 Å². The molecule has 3 aromatic rings. The highest BCUT2D eigenvalue weighted by molar-refractivity contribution is 7.92. The third-order valence-corrected chi connectivity index (χ3v) is 6.18. The minimum Gasteiger partial charge on any atom is -0.455 e. The van der Waals surface area contributed by atoms with Crippen LogP contribution in [0.5, 0.6) is 11.5 Å². The molecule has 3 aromatic carbocycles. The second-order valence-electron chi connectivity index (χ2n) is 6.47. The number of rotatable bonds is 7. The Labute approximate surface area is 195 Å². The van der Waals surface area contributed by atoms with Crippen LogP contribution in [0.4, 0.5) is 11.4 Å². The molecule has 0 aliphatic carbocycles. The van der Waals surface area contributed by atoms with E-state index < -0.39 is 22.5 Å². The van der Waals surface area contributed by atoms with E-state index in [-0.39, 0.29) is 15.7 Å². The summed E-state index contributed by atoms with van der Waals surface area (Å²) in [4.78, 5) is 12.7. The molecule has 0 bridgehead atoms. The molecule has 31 heavy (non-hydrogen) atoms. The van der Waals surface area contributed by atoms with Gasteiger partial charge in [0, 0.05) is 5.02 Å². The summed E-state index contributed by atoms with van der Waals surface area (Å²) in [6, 6.07) is 18.0. The molecule has 0 aliphatic rings. The summed E-state index contributed by atoms with van der Waals surface area (Å²) in [5.74, 6) is 0.315. The van der Waals surface area contributed by atoms with Crippen molar-refractivity contribution in [1.29, 1.82) is 0 Å². The molecule has 0 saturated heterocycles. The molecule has 0 fully saturated rings. The Bertz CT molecular complexity index is 1200. The number of benzene rings is 3. The van der Waals surface area contributed by atoms with Crippen molar-refractivity contribution in [2.24, 2.45) is 0 Å². The van der Waals surface area contributed by atoms with Gasteiger partial charge in [0.15, 0.2) is 5.75 Å². The van der Waals surface area contributed by atoms with Gasteiger partial charge >= 0.3 is 0 Å². The van der Waals surface area contributed by atoms with E-state index in [1.807, 2.05) is 18.2 Å². The minimum absolute atomic E-state index is 0.168. The number of nitrogens with zero attached hydrogens (tertiary/aromatic N) is 1. The second-order valence-corrected chi connectivity index (χ2v) is 9.63. The highest BCUT2D eigenvalue weighted by Crippen LogP contribution is 2.32. The summed E-state index contributed by atoms with van der Waals surface area (Å²) >= 11 is 18.0. The number of carbonyl (C=O) groups excluding carboxylic acids is 1. The van der Waals surface area contributed by atoms with Gasteiger partial charge in [-0.15, -0.1) is 0 Å². The fraction of sp³-hybridized carbons (Fsp3) is 0.0952. The first kappa shape index (κ1) is 23.2. The molecule has 6 nitrogen and oxygen atoms in total. The number of halogens is 3. The smallest absolute Gasteiger partial charge is 0.245 e. The van der Waals surface area contributed by atoms with Crippen LogP contribution in [0.2, 0.25) is 15.1 Å². The molecule has 1 N–H and O–H groups in total. The number of anilines is 2. The summed E-state index contributed by atoms with van der Waals surface area (Å²) in [5.41, 5.74) is 0.503. The highest BCUT2D eigenvalue weighted by atomic mass is 35.5. The molecule has 0 aliphatic heterocycles. The van der Waals surface area contributed by atoms with Crippen molar-refractivity contribution in [1.82, 2.24) is 0 Å². The Kier molecular flexibility index (Phi) is 7.33. The zero-order chi connectivity index (χ0) is 22.6. The van der Waals surface area contributed by atoms with E-state index in [4.69, 9.17) is 39.5 Å². The van der Waals surface area contributed by atoms with Gasteiger partial charge in [0.25, 0.3) is 0 Å². The number of ether oxygens (including phenoxy) is 1. The summed E-state index contributed by atoms with van der Waals surface area (Å²) in [6.45, 7) is -0.492. The number of sulfonamides is 1. The van der Waals surface area contributed by atoms with E-state index in [9.17, 15) is 13.2 Å². The molecule has 0 heterocycles. The fourth-order valence-corrected chi connectivity index (χ4v) is 3.98. The van der Waals surface area contributed by atoms with Crippen molar-refractivity contribution in [3.63, 3.8) is 0 Å². The first-order valence-corrected chi connectivity index (χ1v) is 11.9. The Balaban J connectivity index is 1.84. The van der Waals surface area contributed by atoms with E-state index in [0.29, 0.717) is 22.2 Å². The molecule has 0 radical (unpaired) electrons. The summed E-state index contributed by atoms with van der Waals surface area (Å²) in [6.07, 6.45) is 0.992. The largest absolute Gasteiger partial charge is 0.455 e. The highest BCUT2D eigenvalue weighted by Gasteiger charge is 2.22. The molecule has 0 atom stereocenters. The number of amides is 1. The third-order valence-electron chi connectivity index (χ3n) is 4.07. The molecule has 0 unspecified atom stereocenters. The lowest BCUT2D eigenvalue weighted by molar-refractivity contribution is -0.114. The van der Waals surface area contributed by atoms with Crippen molar-refractivity contribution in [3.05, 3.63) is 81.8 Å². The van der Waals surface area contributed by atoms with Crippen LogP contribution in [-0.2, 0) is 14.8 Å². The first-order valence-electron chi connectivity index (χ1n) is 8.88. The van der Waals surface area contributed by atoms with Crippen molar-refractivity contribution in [2.45, 2.75) is 0 Å². The molecule has 3 rings (SSSR count). The predicted octanol–water partition coefficient (Wildman–Crippen LogP) is 5.84. The van der Waals surface area contributed by atoms with Gasteiger partial charge < -0.3 is 10.1 Å². The van der Waals surface area contributed by atoms with Crippen LogP contribution < -0.4 is 14.4 Å². The van der Waals surface area contributed by atoms with Crippen molar-refractivity contribution < 1.29 is 17.9 Å². The third kappa shape index (κ3) is 6.27. The normalized spacial score (nSPS) is 11.1. The van der Waals surface area contributed by atoms with E-state index >= 15 is 0 Å². The van der Waals surface area contributed by atoms with E-state index in [1.165, 1.54) is 24.3 Å². The number of hydrogen-bond acceptors (Lipinski definition) is 4. The zero-order valence-electron chi connectivity index (χ0n) is 16.2. The van der Waals surface area contributed by atoms with Gasteiger partial charge in [0.2, 0.25) is 15.9 Å². The van der Waals surface area contributed by atoms with Gasteiger partial charge in [-0.05, 0) is 48.5 Å². The summed E-state index contributed by atoms with van der Waals surface area (Å²) < 4.78 is 31.3. The van der Waals surface area contributed by atoms with Gasteiger partial charge in [-0.2, -0.15) is 0 Å². The standard InChI is InChI=1S/C21H17Cl3N2O4S/c1-31(28,29)26(15-8-9-17(23)18(24)12-15)13-21(27)25-19-11-14(22)7-10-20(19)30-16-5-3-2-4-6-16/h2-12H,13H2,1H3,(H,25,27). The molecule has 162 valence electrons. The Morgan fingerprint density at radius 3 is 2.32 bits per heavy atom. The minimum atomic E-state index is -3.79. The fourth-order valence-electron chi connectivity index (χ4n) is 2.66. The average Bonchev–Trinajstić information content (AvgIpc) is 2.70. The maximum absolute atomic E-state index is 12.7. The first-order chi connectivity index (χ1) is 14.6. The van der Waals surface area contributed by atoms with E-state index in [1.54, 1.807) is 24.3 Å². The monoisotopic (exact) mass is 498 g/mol. The lowest BCUT2D eigenvalue weighted by atomic mass is 10.2. The van der Waals surface area contributed by atoms with Crippen LogP contribution in [-0.4, -0.2) is 27.1 Å². The van der Waals surface area contributed by atoms with Gasteiger partial charge in [-0.25, -0.2) is 8.42 Å². The quantitative estimate of drug-likeness (QED) is 0.443. The SMILES string of the molecule is CS(=O)(=O)N(CC(=O)Nc1cc(Cl)ccc1Oc1ccccc1)c1ccc(Cl)c(Cl)c1. The molecular weight excluding hydrogens is 483 g/mol. The molecule has 0 spiro atoms. The number of carbonyl (C=O) groups is 1. The maximum Gasteiger partial charge on any atom is 0.245 e. The molecule has 0 saturated carbocycles. The number of hydrogen-bond donors (Lipinski definition) is 1. The van der Waals surface area contributed by atoms with Gasteiger partial charge in [0.1, 0.15) is 12.3 Å². The number of nitrogens with one attached hydrogen (secondary N) is 1. The molecule has 10 heteroatoms. The van der Waals surface area contributed by atoms with Crippen molar-refractivity contribution >= 4 is 62.1 Å². The Morgan fingerprint density at radius 2 is 1.68 bits per heavy atom. The van der Waals surface area contributed by atoms with E-state index in [2.05, 4.69) is 5.32 Å². The maximum atomic E-state index is 12.7. The topological polar surface area (TPSA) is 75.7 Å². The zero-order valence-corrected chi connectivity index (χ0v) is 19.3. The van der Waals surface area contributed by atoms with Crippen LogP contribution in [0.3, 0.4) is 0 Å². The summed E-state index contributed by atoms with van der Waals surface area (Å²) in [5, 5.41) is 3.47. The lowest BCUT2D eigenvalue weighted by Gasteiger charge is -2.22. The van der Waals surface area contributed by atoms with E-state index in [0.717, 1.165) is 10.6 Å². The molecule has 1 amide bonds.